The molecule has 8 nitrogen and oxygen atoms in total. The average molecular weight is 475 g/mol. The highest BCUT2D eigenvalue weighted by atomic mass is 16.2. The second-order valence-electron chi connectivity index (χ2n) is 9.08. The molecule has 8 heteroatoms. The quantitative estimate of drug-likeness (QED) is 0.531. The van der Waals surface area contributed by atoms with Crippen molar-refractivity contribution in [3.63, 3.8) is 0 Å². The fourth-order valence-corrected chi connectivity index (χ4v) is 4.75. The summed E-state index contributed by atoms with van der Waals surface area (Å²) in [6.07, 6.45) is 4.75. The SMILES string of the molecule is CC(=O)c1ccc(NC(=O)C(C)n2c(=O)c(N(C(C)=O)C3CCCCC3)nc3ccccc32)cc1. The molecule has 1 saturated carbocycles. The second kappa shape index (κ2) is 10.2. The summed E-state index contributed by atoms with van der Waals surface area (Å²) in [4.78, 5) is 57.3. The molecule has 1 aliphatic rings. The van der Waals surface area contributed by atoms with E-state index in [1.807, 2.05) is 6.07 Å². The summed E-state index contributed by atoms with van der Waals surface area (Å²) in [7, 11) is 0. The number of ketones is 1. The van der Waals surface area contributed by atoms with Gasteiger partial charge in [-0.05, 0) is 63.1 Å². The van der Waals surface area contributed by atoms with Crippen LogP contribution in [0.3, 0.4) is 0 Å². The maximum atomic E-state index is 13.8. The van der Waals surface area contributed by atoms with Crippen molar-refractivity contribution in [3.8, 4) is 0 Å². The Labute approximate surface area is 204 Å². The minimum atomic E-state index is -0.873. The summed E-state index contributed by atoms with van der Waals surface area (Å²) < 4.78 is 1.41. The zero-order chi connectivity index (χ0) is 25.1. The van der Waals surface area contributed by atoms with Gasteiger partial charge in [-0.15, -0.1) is 0 Å². The minimum Gasteiger partial charge on any atom is -0.324 e. The molecule has 0 radical (unpaired) electrons. The van der Waals surface area contributed by atoms with Crippen LogP contribution in [0.15, 0.2) is 53.3 Å². The van der Waals surface area contributed by atoms with E-state index >= 15 is 0 Å². The summed E-state index contributed by atoms with van der Waals surface area (Å²) in [5.74, 6) is -0.622. The third-order valence-corrected chi connectivity index (χ3v) is 6.61. The Balaban J connectivity index is 1.75. The van der Waals surface area contributed by atoms with Gasteiger partial charge in [0.1, 0.15) is 6.04 Å². The third-order valence-electron chi connectivity index (χ3n) is 6.61. The molecule has 1 unspecified atom stereocenters. The lowest BCUT2D eigenvalue weighted by Gasteiger charge is -2.33. The molecule has 3 aromatic rings. The molecule has 0 aliphatic heterocycles. The summed E-state index contributed by atoms with van der Waals surface area (Å²) in [6, 6.07) is 12.8. The zero-order valence-electron chi connectivity index (χ0n) is 20.3. The maximum absolute atomic E-state index is 13.8. The molecule has 182 valence electrons. The van der Waals surface area contributed by atoms with Crippen molar-refractivity contribution in [2.75, 3.05) is 10.2 Å². The summed E-state index contributed by atoms with van der Waals surface area (Å²) in [5.41, 5.74) is 1.65. The van der Waals surface area contributed by atoms with E-state index < -0.39 is 17.5 Å². The van der Waals surface area contributed by atoms with Gasteiger partial charge in [0.05, 0.1) is 11.0 Å². The Morgan fingerprint density at radius 3 is 2.29 bits per heavy atom. The van der Waals surface area contributed by atoms with Gasteiger partial charge in [-0.25, -0.2) is 4.98 Å². The van der Waals surface area contributed by atoms with Crippen LogP contribution in [0.2, 0.25) is 0 Å². The van der Waals surface area contributed by atoms with Crippen molar-refractivity contribution in [3.05, 3.63) is 64.4 Å². The summed E-state index contributed by atoms with van der Waals surface area (Å²) >= 11 is 0. The molecular formula is C27H30N4O4. The van der Waals surface area contributed by atoms with Crippen LogP contribution in [0.1, 0.15) is 69.3 Å². The van der Waals surface area contributed by atoms with Crippen LogP contribution < -0.4 is 15.8 Å². The number of aromatic nitrogens is 2. The number of fused-ring (bicyclic) bond motifs is 1. The van der Waals surface area contributed by atoms with E-state index in [1.54, 1.807) is 49.4 Å². The molecule has 2 aromatic carbocycles. The van der Waals surface area contributed by atoms with Crippen molar-refractivity contribution in [2.45, 2.75) is 65.0 Å². The van der Waals surface area contributed by atoms with Gasteiger partial charge in [0.2, 0.25) is 17.6 Å². The van der Waals surface area contributed by atoms with Crippen LogP contribution in [0.5, 0.6) is 0 Å². The number of carbonyl (C=O) groups excluding carboxylic acids is 3. The fraction of sp³-hybridized carbons (Fsp3) is 0.370. The van der Waals surface area contributed by atoms with Gasteiger partial charge >= 0.3 is 0 Å². The predicted octanol–water partition coefficient (Wildman–Crippen LogP) is 4.48. The van der Waals surface area contributed by atoms with E-state index in [-0.39, 0.29) is 23.6 Å². The van der Waals surface area contributed by atoms with Crippen molar-refractivity contribution < 1.29 is 14.4 Å². The number of hydrogen-bond acceptors (Lipinski definition) is 5. The van der Waals surface area contributed by atoms with Crippen LogP contribution in [0.25, 0.3) is 11.0 Å². The number of rotatable bonds is 6. The normalized spacial score (nSPS) is 14.9. The van der Waals surface area contributed by atoms with Gasteiger partial charge in [0, 0.05) is 24.2 Å². The van der Waals surface area contributed by atoms with E-state index in [9.17, 15) is 19.2 Å². The van der Waals surface area contributed by atoms with Gasteiger partial charge in [0.15, 0.2) is 5.78 Å². The lowest BCUT2D eigenvalue weighted by molar-refractivity contribution is -0.119. The minimum absolute atomic E-state index is 0.0634. The maximum Gasteiger partial charge on any atom is 0.295 e. The molecule has 2 amide bonds. The summed E-state index contributed by atoms with van der Waals surface area (Å²) in [5, 5.41) is 2.82. The number of nitrogens with zero attached hydrogens (tertiary/aromatic N) is 3. The molecule has 1 heterocycles. The van der Waals surface area contributed by atoms with Crippen molar-refractivity contribution in [1.29, 1.82) is 0 Å². The Bertz CT molecular complexity index is 1320. The van der Waals surface area contributed by atoms with Crippen molar-refractivity contribution in [2.24, 2.45) is 0 Å². The number of nitrogens with one attached hydrogen (secondary N) is 1. The first kappa shape index (κ1) is 24.3. The molecule has 0 spiro atoms. The molecule has 0 bridgehead atoms. The molecule has 35 heavy (non-hydrogen) atoms. The van der Waals surface area contributed by atoms with Crippen LogP contribution in [-0.2, 0) is 9.59 Å². The fourth-order valence-electron chi connectivity index (χ4n) is 4.75. The standard InChI is InChI=1S/C27H30N4O4/c1-17(26(34)28-21-15-13-20(14-16-21)18(2)32)30-24-12-8-7-11-23(24)29-25(27(30)35)31(19(3)33)22-9-5-4-6-10-22/h7-8,11-17,22H,4-6,9-10H2,1-3H3,(H,28,34). The smallest absolute Gasteiger partial charge is 0.295 e. The lowest BCUT2D eigenvalue weighted by atomic mass is 9.94. The zero-order valence-corrected chi connectivity index (χ0v) is 20.3. The number of amides is 2. The highest BCUT2D eigenvalue weighted by Gasteiger charge is 2.30. The number of carbonyl (C=O) groups is 3. The van der Waals surface area contributed by atoms with E-state index in [0.717, 1.165) is 32.1 Å². The topological polar surface area (TPSA) is 101 Å². The van der Waals surface area contributed by atoms with E-state index in [2.05, 4.69) is 10.3 Å². The van der Waals surface area contributed by atoms with Gasteiger partial charge in [-0.2, -0.15) is 0 Å². The van der Waals surface area contributed by atoms with Gasteiger partial charge < -0.3 is 5.32 Å². The molecule has 1 N–H and O–H groups in total. The molecule has 0 saturated heterocycles. The van der Waals surface area contributed by atoms with Gasteiger partial charge in [-0.3, -0.25) is 28.6 Å². The van der Waals surface area contributed by atoms with E-state index in [4.69, 9.17) is 0 Å². The Morgan fingerprint density at radius 1 is 1.00 bits per heavy atom. The first-order valence-electron chi connectivity index (χ1n) is 12.0. The largest absolute Gasteiger partial charge is 0.324 e. The Kier molecular flexibility index (Phi) is 7.10. The first-order valence-corrected chi connectivity index (χ1v) is 12.0. The third kappa shape index (κ3) is 5.01. The number of anilines is 2. The predicted molar refractivity (Wildman–Crippen MR) is 136 cm³/mol. The van der Waals surface area contributed by atoms with Crippen LogP contribution in [-0.4, -0.2) is 33.2 Å². The van der Waals surface area contributed by atoms with Crippen LogP contribution in [0.4, 0.5) is 11.5 Å². The number of benzene rings is 2. The van der Waals surface area contributed by atoms with Crippen molar-refractivity contribution in [1.82, 2.24) is 9.55 Å². The highest BCUT2D eigenvalue weighted by molar-refractivity contribution is 5.97. The van der Waals surface area contributed by atoms with E-state index in [0.29, 0.717) is 22.3 Å². The molecular weight excluding hydrogens is 444 g/mol. The van der Waals surface area contributed by atoms with Gasteiger partial charge in [-0.1, -0.05) is 31.4 Å². The molecule has 4 rings (SSSR count). The molecule has 1 fully saturated rings. The Hall–Kier alpha value is -3.81. The number of Topliss-reactive ketones (excluding diaryl/α,β-unsaturated/α-hetero) is 1. The van der Waals surface area contributed by atoms with Crippen LogP contribution >= 0.6 is 0 Å². The van der Waals surface area contributed by atoms with Crippen LogP contribution in [0, 0.1) is 0 Å². The summed E-state index contributed by atoms with van der Waals surface area (Å²) in [6.45, 7) is 4.58. The van der Waals surface area contributed by atoms with Gasteiger partial charge in [0.25, 0.3) is 5.56 Å². The monoisotopic (exact) mass is 474 g/mol. The highest BCUT2D eigenvalue weighted by Crippen LogP contribution is 2.27. The van der Waals surface area contributed by atoms with Crippen molar-refractivity contribution >= 4 is 40.1 Å². The molecule has 1 aromatic heterocycles. The first-order chi connectivity index (χ1) is 16.8. The Morgan fingerprint density at radius 2 is 1.66 bits per heavy atom. The number of para-hydroxylation sites is 2. The molecule has 1 atom stereocenters. The lowest BCUT2D eigenvalue weighted by Crippen LogP contribution is -2.45. The average Bonchev–Trinajstić information content (AvgIpc) is 2.85. The molecule has 1 aliphatic carbocycles. The van der Waals surface area contributed by atoms with E-state index in [1.165, 1.54) is 23.3 Å². The second-order valence-corrected chi connectivity index (χ2v) is 9.08. The number of hydrogen-bond donors (Lipinski definition) is 1.